The van der Waals surface area contributed by atoms with E-state index in [-0.39, 0.29) is 6.04 Å². The molecule has 114 valence electrons. The molecule has 0 aliphatic carbocycles. The van der Waals surface area contributed by atoms with Crippen LogP contribution in [-0.4, -0.2) is 25.5 Å². The molecule has 4 heteroatoms. The lowest BCUT2D eigenvalue weighted by Gasteiger charge is -2.26. The van der Waals surface area contributed by atoms with Gasteiger partial charge in [-0.1, -0.05) is 35.9 Å². The molecular weight excluding hydrogens is 300 g/mol. The zero-order valence-corrected chi connectivity index (χ0v) is 14.4. The Balaban J connectivity index is 1.96. The quantitative estimate of drug-likeness (QED) is 0.791. The third-order valence-electron chi connectivity index (χ3n) is 4.02. The van der Waals surface area contributed by atoms with Gasteiger partial charge in [-0.3, -0.25) is 4.90 Å². The predicted octanol–water partition coefficient (Wildman–Crippen LogP) is 4.75. The molecule has 0 bridgehead atoms. The fraction of sp³-hybridized carbons (Fsp3) is 0.412. The van der Waals surface area contributed by atoms with Gasteiger partial charge in [-0.05, 0) is 50.5 Å². The van der Waals surface area contributed by atoms with Crippen LogP contribution in [0.5, 0.6) is 0 Å². The highest BCUT2D eigenvalue weighted by Crippen LogP contribution is 2.27. The van der Waals surface area contributed by atoms with E-state index in [4.69, 9.17) is 11.6 Å². The van der Waals surface area contributed by atoms with Gasteiger partial charge < -0.3 is 5.32 Å². The molecule has 0 saturated carbocycles. The Hall–Kier alpha value is -0.870. The first-order chi connectivity index (χ1) is 10.1. The maximum absolute atomic E-state index is 6.30. The van der Waals surface area contributed by atoms with Gasteiger partial charge in [0.05, 0.1) is 0 Å². The molecule has 0 spiro atoms. The van der Waals surface area contributed by atoms with Crippen LogP contribution in [0.3, 0.4) is 0 Å². The number of benzene rings is 1. The summed E-state index contributed by atoms with van der Waals surface area (Å²) < 4.78 is 0. The molecule has 1 N–H and O–H groups in total. The first-order valence-electron chi connectivity index (χ1n) is 7.28. The summed E-state index contributed by atoms with van der Waals surface area (Å²) in [4.78, 5) is 3.81. The highest BCUT2D eigenvalue weighted by molar-refractivity contribution is 7.10. The van der Waals surface area contributed by atoms with Gasteiger partial charge in [0.15, 0.2) is 0 Å². The van der Waals surface area contributed by atoms with Crippen molar-refractivity contribution in [3.05, 3.63) is 57.2 Å². The lowest BCUT2D eigenvalue weighted by molar-refractivity contribution is 0.250. The number of nitrogens with one attached hydrogen (secondary N) is 1. The van der Waals surface area contributed by atoms with Crippen molar-refractivity contribution < 1.29 is 0 Å². The van der Waals surface area contributed by atoms with E-state index >= 15 is 0 Å². The lowest BCUT2D eigenvalue weighted by Crippen LogP contribution is -2.27. The molecule has 0 amide bonds. The molecule has 2 aromatic rings. The van der Waals surface area contributed by atoms with Crippen LogP contribution in [0.4, 0.5) is 0 Å². The Labute approximate surface area is 136 Å². The Morgan fingerprint density at radius 3 is 2.62 bits per heavy atom. The number of thiophene rings is 1. The zero-order valence-electron chi connectivity index (χ0n) is 12.8. The Morgan fingerprint density at radius 2 is 2.00 bits per heavy atom. The van der Waals surface area contributed by atoms with Gasteiger partial charge in [-0.15, -0.1) is 11.3 Å². The van der Waals surface area contributed by atoms with Crippen molar-refractivity contribution in [2.45, 2.75) is 25.4 Å². The van der Waals surface area contributed by atoms with Gasteiger partial charge in [0, 0.05) is 28.5 Å². The van der Waals surface area contributed by atoms with E-state index in [9.17, 15) is 0 Å². The van der Waals surface area contributed by atoms with Crippen LogP contribution in [0.15, 0.2) is 41.8 Å². The fourth-order valence-electron chi connectivity index (χ4n) is 2.49. The molecule has 2 unspecified atom stereocenters. The summed E-state index contributed by atoms with van der Waals surface area (Å²) in [6.07, 6.45) is 1.03. The summed E-state index contributed by atoms with van der Waals surface area (Å²) in [5.74, 6) is 0. The summed E-state index contributed by atoms with van der Waals surface area (Å²) in [7, 11) is 4.18. The molecule has 0 saturated heterocycles. The second-order valence-corrected chi connectivity index (χ2v) is 6.71. The summed E-state index contributed by atoms with van der Waals surface area (Å²) in [6.45, 7) is 3.28. The van der Waals surface area contributed by atoms with Crippen LogP contribution in [0.2, 0.25) is 5.02 Å². The maximum atomic E-state index is 6.30. The Morgan fingerprint density at radius 1 is 1.24 bits per heavy atom. The van der Waals surface area contributed by atoms with Crippen molar-refractivity contribution in [3.63, 3.8) is 0 Å². The molecule has 21 heavy (non-hydrogen) atoms. The van der Waals surface area contributed by atoms with E-state index in [2.05, 4.69) is 47.8 Å². The van der Waals surface area contributed by atoms with Crippen molar-refractivity contribution >= 4 is 22.9 Å². The van der Waals surface area contributed by atoms with E-state index in [0.717, 1.165) is 18.0 Å². The standard InChI is InChI=1S/C17H23ClN2S/c1-13(17-9-6-12-21-17)20(3)11-10-16(19-2)14-7-4-5-8-15(14)18/h4-9,12-13,16,19H,10-11H2,1-3H3. The predicted molar refractivity (Wildman–Crippen MR) is 93.2 cm³/mol. The average molecular weight is 323 g/mol. The van der Waals surface area contributed by atoms with E-state index in [1.807, 2.05) is 36.6 Å². The molecular formula is C17H23ClN2S. The molecule has 1 aromatic heterocycles. The first-order valence-corrected chi connectivity index (χ1v) is 8.54. The summed E-state index contributed by atoms with van der Waals surface area (Å²) in [5, 5.41) is 6.36. The highest BCUT2D eigenvalue weighted by Gasteiger charge is 2.16. The van der Waals surface area contributed by atoms with Gasteiger partial charge in [-0.2, -0.15) is 0 Å². The molecule has 0 radical (unpaired) electrons. The zero-order chi connectivity index (χ0) is 15.2. The van der Waals surface area contributed by atoms with Crippen molar-refractivity contribution in [1.82, 2.24) is 10.2 Å². The van der Waals surface area contributed by atoms with Gasteiger partial charge in [0.2, 0.25) is 0 Å². The molecule has 0 aliphatic heterocycles. The number of rotatable bonds is 7. The van der Waals surface area contributed by atoms with Crippen molar-refractivity contribution in [1.29, 1.82) is 0 Å². The maximum Gasteiger partial charge on any atom is 0.0453 e. The lowest BCUT2D eigenvalue weighted by atomic mass is 10.0. The van der Waals surface area contributed by atoms with Crippen molar-refractivity contribution in [3.8, 4) is 0 Å². The van der Waals surface area contributed by atoms with Crippen LogP contribution in [0, 0.1) is 0 Å². The number of hydrogen-bond donors (Lipinski definition) is 1. The molecule has 2 rings (SSSR count). The topological polar surface area (TPSA) is 15.3 Å². The van der Waals surface area contributed by atoms with Gasteiger partial charge in [-0.25, -0.2) is 0 Å². The molecule has 2 nitrogen and oxygen atoms in total. The van der Waals surface area contributed by atoms with Crippen LogP contribution in [0.25, 0.3) is 0 Å². The molecule has 1 aromatic carbocycles. The normalized spacial score (nSPS) is 14.3. The highest BCUT2D eigenvalue weighted by atomic mass is 35.5. The fourth-order valence-corrected chi connectivity index (χ4v) is 3.60. The van der Waals surface area contributed by atoms with Gasteiger partial charge >= 0.3 is 0 Å². The van der Waals surface area contributed by atoms with Crippen molar-refractivity contribution in [2.24, 2.45) is 0 Å². The monoisotopic (exact) mass is 322 g/mol. The van der Waals surface area contributed by atoms with Crippen LogP contribution in [0.1, 0.15) is 35.9 Å². The summed E-state index contributed by atoms with van der Waals surface area (Å²) >= 11 is 8.12. The van der Waals surface area contributed by atoms with E-state index < -0.39 is 0 Å². The van der Waals surface area contributed by atoms with Crippen LogP contribution in [-0.2, 0) is 0 Å². The third-order valence-corrected chi connectivity index (χ3v) is 5.40. The number of hydrogen-bond acceptors (Lipinski definition) is 3. The summed E-state index contributed by atoms with van der Waals surface area (Å²) in [5.41, 5.74) is 1.18. The van der Waals surface area contributed by atoms with Crippen molar-refractivity contribution in [2.75, 3.05) is 20.6 Å². The Kier molecular flexibility index (Phi) is 6.24. The number of halogens is 1. The van der Waals surface area contributed by atoms with Crippen LogP contribution < -0.4 is 5.32 Å². The largest absolute Gasteiger partial charge is 0.313 e. The number of nitrogens with zero attached hydrogens (tertiary/aromatic N) is 1. The van der Waals surface area contributed by atoms with Crippen LogP contribution >= 0.6 is 22.9 Å². The average Bonchev–Trinajstić information content (AvgIpc) is 3.02. The minimum absolute atomic E-state index is 0.289. The second-order valence-electron chi connectivity index (χ2n) is 5.32. The van der Waals surface area contributed by atoms with Gasteiger partial charge in [0.1, 0.15) is 0 Å². The molecule has 2 atom stereocenters. The van der Waals surface area contributed by atoms with E-state index in [0.29, 0.717) is 6.04 Å². The van der Waals surface area contributed by atoms with E-state index in [1.165, 1.54) is 10.4 Å². The third kappa shape index (κ3) is 4.30. The second kappa shape index (κ2) is 7.95. The summed E-state index contributed by atoms with van der Waals surface area (Å²) in [6, 6.07) is 13.1. The SMILES string of the molecule is CNC(CCN(C)C(C)c1cccs1)c1ccccc1Cl. The first kappa shape index (κ1) is 16.5. The smallest absolute Gasteiger partial charge is 0.0453 e. The Bertz CT molecular complexity index is 541. The minimum Gasteiger partial charge on any atom is -0.313 e. The molecule has 0 fully saturated rings. The van der Waals surface area contributed by atoms with Gasteiger partial charge in [0.25, 0.3) is 0 Å². The minimum atomic E-state index is 0.289. The molecule has 0 aliphatic rings. The van der Waals surface area contributed by atoms with E-state index in [1.54, 1.807) is 0 Å². The molecule has 1 heterocycles.